The molecule has 0 fully saturated rings. The van der Waals surface area contributed by atoms with E-state index in [-0.39, 0.29) is 28.2 Å². The summed E-state index contributed by atoms with van der Waals surface area (Å²) in [6.07, 6.45) is -0.712. The first-order chi connectivity index (χ1) is 12.2. The highest BCUT2D eigenvalue weighted by Crippen LogP contribution is 2.40. The Hall–Kier alpha value is -2.67. The highest BCUT2D eigenvalue weighted by molar-refractivity contribution is 7.91. The van der Waals surface area contributed by atoms with Crippen molar-refractivity contribution in [2.45, 2.75) is 31.3 Å². The molecule has 0 saturated carbocycles. The molecule has 1 N–H and O–H groups in total. The van der Waals surface area contributed by atoms with Crippen molar-refractivity contribution in [3.05, 3.63) is 64.2 Å². The van der Waals surface area contributed by atoms with E-state index in [2.05, 4.69) is 0 Å². The molecule has 136 valence electrons. The molecule has 1 aliphatic heterocycles. The van der Waals surface area contributed by atoms with Crippen molar-refractivity contribution in [3.8, 4) is 0 Å². The van der Waals surface area contributed by atoms with Gasteiger partial charge >= 0.3 is 11.9 Å². The zero-order valence-electron chi connectivity index (χ0n) is 14.4. The van der Waals surface area contributed by atoms with Gasteiger partial charge in [0, 0.05) is 12.0 Å². The number of esters is 1. The van der Waals surface area contributed by atoms with Gasteiger partial charge in [-0.15, -0.1) is 0 Å². The van der Waals surface area contributed by atoms with Crippen molar-refractivity contribution in [2.24, 2.45) is 0 Å². The zero-order valence-corrected chi connectivity index (χ0v) is 15.2. The molecule has 1 atom stereocenters. The van der Waals surface area contributed by atoms with Crippen LogP contribution >= 0.6 is 0 Å². The van der Waals surface area contributed by atoms with Crippen LogP contribution in [0.4, 0.5) is 0 Å². The smallest absolute Gasteiger partial charge is 0.338 e. The number of benzene rings is 2. The quantitative estimate of drug-likeness (QED) is 0.829. The van der Waals surface area contributed by atoms with Crippen LogP contribution in [0.25, 0.3) is 0 Å². The summed E-state index contributed by atoms with van der Waals surface area (Å²) in [4.78, 5) is 24.0. The standard InChI is InChI=1S/C19H18O6S/c1-11-10-14(18(20)21)12(2)16-15(8-9-26(23,24)17(11)16)25-19(22)13-6-4-3-5-7-13/h3-7,10,15H,8-9H2,1-2H3,(H,20,21). The molecule has 26 heavy (non-hydrogen) atoms. The van der Waals surface area contributed by atoms with Crippen molar-refractivity contribution in [1.29, 1.82) is 0 Å². The minimum Gasteiger partial charge on any atom is -0.478 e. The number of aromatic carboxylic acids is 1. The van der Waals surface area contributed by atoms with Crippen LogP contribution < -0.4 is 0 Å². The lowest BCUT2D eigenvalue weighted by Gasteiger charge is -2.29. The van der Waals surface area contributed by atoms with E-state index in [4.69, 9.17) is 4.74 Å². The zero-order chi connectivity index (χ0) is 19.1. The van der Waals surface area contributed by atoms with E-state index in [9.17, 15) is 23.1 Å². The highest BCUT2D eigenvalue weighted by Gasteiger charge is 2.37. The summed E-state index contributed by atoms with van der Waals surface area (Å²) in [5.74, 6) is -1.87. The molecule has 0 radical (unpaired) electrons. The van der Waals surface area contributed by atoms with Crippen molar-refractivity contribution in [3.63, 3.8) is 0 Å². The Kier molecular flexibility index (Phi) is 4.58. The summed E-state index contributed by atoms with van der Waals surface area (Å²) in [5, 5.41) is 9.41. The number of hydrogen-bond acceptors (Lipinski definition) is 5. The van der Waals surface area contributed by atoms with Crippen LogP contribution in [0.3, 0.4) is 0 Å². The second-order valence-corrected chi connectivity index (χ2v) is 8.33. The fourth-order valence-electron chi connectivity index (χ4n) is 3.34. The van der Waals surface area contributed by atoms with E-state index in [0.717, 1.165) is 0 Å². The summed E-state index contributed by atoms with van der Waals surface area (Å²) >= 11 is 0. The Morgan fingerprint density at radius 1 is 1.15 bits per heavy atom. The van der Waals surface area contributed by atoms with Crippen LogP contribution in [0.1, 0.15) is 49.9 Å². The minimum atomic E-state index is -3.56. The van der Waals surface area contributed by atoms with E-state index in [1.54, 1.807) is 44.2 Å². The molecule has 1 heterocycles. The predicted octanol–water partition coefficient (Wildman–Crippen LogP) is 3.08. The van der Waals surface area contributed by atoms with E-state index in [1.807, 2.05) is 0 Å². The van der Waals surface area contributed by atoms with E-state index < -0.39 is 27.9 Å². The molecule has 0 bridgehead atoms. The first-order valence-corrected chi connectivity index (χ1v) is 9.74. The molecule has 0 saturated heterocycles. The summed E-state index contributed by atoms with van der Waals surface area (Å²) in [6, 6.07) is 9.74. The highest BCUT2D eigenvalue weighted by atomic mass is 32.2. The fourth-order valence-corrected chi connectivity index (χ4v) is 5.24. The topological polar surface area (TPSA) is 97.7 Å². The van der Waals surface area contributed by atoms with E-state index in [1.165, 1.54) is 6.07 Å². The molecule has 0 aromatic heterocycles. The van der Waals surface area contributed by atoms with Gasteiger partial charge in [0.05, 0.1) is 21.8 Å². The number of sulfone groups is 1. The molecule has 1 unspecified atom stereocenters. The molecule has 6 nitrogen and oxygen atoms in total. The van der Waals surface area contributed by atoms with Crippen LogP contribution in [0, 0.1) is 13.8 Å². The third-order valence-electron chi connectivity index (χ3n) is 4.54. The molecular formula is C19H18O6S. The number of hydrogen-bond donors (Lipinski definition) is 1. The summed E-state index contributed by atoms with van der Waals surface area (Å²) < 4.78 is 30.7. The maximum Gasteiger partial charge on any atom is 0.338 e. The Balaban J connectivity index is 2.12. The fraction of sp³-hybridized carbons (Fsp3) is 0.263. The molecule has 2 aromatic carbocycles. The van der Waals surface area contributed by atoms with E-state index >= 15 is 0 Å². The Morgan fingerprint density at radius 2 is 1.81 bits per heavy atom. The van der Waals surface area contributed by atoms with Crippen LogP contribution in [-0.4, -0.2) is 31.2 Å². The average Bonchev–Trinajstić information content (AvgIpc) is 2.59. The summed E-state index contributed by atoms with van der Waals surface area (Å²) in [6.45, 7) is 3.11. The second kappa shape index (κ2) is 6.57. The van der Waals surface area contributed by atoms with Gasteiger partial charge in [-0.05, 0) is 43.2 Å². The van der Waals surface area contributed by atoms with Crippen LogP contribution in [0.5, 0.6) is 0 Å². The maximum absolute atomic E-state index is 12.5. The average molecular weight is 374 g/mol. The third-order valence-corrected chi connectivity index (χ3v) is 6.48. The molecule has 1 aliphatic rings. The lowest BCUT2D eigenvalue weighted by Crippen LogP contribution is -2.26. The number of ether oxygens (including phenoxy) is 1. The molecule has 7 heteroatoms. The van der Waals surface area contributed by atoms with Gasteiger partial charge in [0.2, 0.25) is 0 Å². The normalized spacial score (nSPS) is 18.0. The van der Waals surface area contributed by atoms with Gasteiger partial charge in [-0.3, -0.25) is 0 Å². The lowest BCUT2D eigenvalue weighted by atomic mass is 9.93. The van der Waals surface area contributed by atoms with Crippen molar-refractivity contribution < 1.29 is 27.9 Å². The molecule has 0 aliphatic carbocycles. The number of carbonyl (C=O) groups excluding carboxylic acids is 1. The number of carboxylic acids is 1. The molecular weight excluding hydrogens is 356 g/mol. The Morgan fingerprint density at radius 3 is 2.42 bits per heavy atom. The monoisotopic (exact) mass is 374 g/mol. The largest absolute Gasteiger partial charge is 0.478 e. The minimum absolute atomic E-state index is 0.0131. The predicted molar refractivity (Wildman–Crippen MR) is 94.1 cm³/mol. The number of rotatable bonds is 3. The van der Waals surface area contributed by atoms with Crippen molar-refractivity contribution in [2.75, 3.05) is 5.75 Å². The van der Waals surface area contributed by atoms with Gasteiger partial charge in [0.15, 0.2) is 9.84 Å². The first-order valence-electron chi connectivity index (χ1n) is 8.08. The number of fused-ring (bicyclic) bond motifs is 1. The lowest BCUT2D eigenvalue weighted by molar-refractivity contribution is 0.0276. The SMILES string of the molecule is Cc1cc(C(=O)O)c(C)c2c1S(=O)(=O)CCC2OC(=O)c1ccccc1. The molecule has 2 aromatic rings. The molecule has 0 amide bonds. The second-order valence-electron chi connectivity index (χ2n) is 6.28. The summed E-state index contributed by atoms with van der Waals surface area (Å²) in [5.41, 5.74) is 1.30. The van der Waals surface area contributed by atoms with E-state index in [0.29, 0.717) is 16.7 Å². The Labute approximate surface area is 151 Å². The maximum atomic E-state index is 12.5. The van der Waals surface area contributed by atoms with Crippen molar-refractivity contribution >= 4 is 21.8 Å². The van der Waals surface area contributed by atoms with Crippen LogP contribution in [0.15, 0.2) is 41.3 Å². The van der Waals surface area contributed by atoms with Crippen molar-refractivity contribution in [1.82, 2.24) is 0 Å². The molecule has 3 rings (SSSR count). The van der Waals surface area contributed by atoms with Crippen LogP contribution in [-0.2, 0) is 14.6 Å². The van der Waals surface area contributed by atoms with Gasteiger partial charge in [-0.25, -0.2) is 18.0 Å². The number of carboxylic acid groups (broad SMARTS) is 1. The van der Waals surface area contributed by atoms with Gasteiger partial charge < -0.3 is 9.84 Å². The summed E-state index contributed by atoms with van der Waals surface area (Å²) in [7, 11) is -3.56. The Bertz CT molecular complexity index is 992. The number of aryl methyl sites for hydroxylation is 1. The first kappa shape index (κ1) is 18.1. The molecule has 0 spiro atoms. The van der Waals surface area contributed by atoms with Gasteiger partial charge in [0.1, 0.15) is 6.10 Å². The van der Waals surface area contributed by atoms with Gasteiger partial charge in [-0.2, -0.15) is 0 Å². The van der Waals surface area contributed by atoms with Gasteiger partial charge in [-0.1, -0.05) is 18.2 Å². The number of carbonyl (C=O) groups is 2. The van der Waals surface area contributed by atoms with Gasteiger partial charge in [0.25, 0.3) is 0 Å². The van der Waals surface area contributed by atoms with Crippen LogP contribution in [0.2, 0.25) is 0 Å². The third kappa shape index (κ3) is 3.10.